The minimum absolute atomic E-state index is 0.0855. The summed E-state index contributed by atoms with van der Waals surface area (Å²) in [5.41, 5.74) is 2.48. The van der Waals surface area contributed by atoms with Crippen molar-refractivity contribution < 1.29 is 9.47 Å². The molecular weight excluding hydrogens is 366 g/mol. The predicted octanol–water partition coefficient (Wildman–Crippen LogP) is 2.70. The first-order valence-corrected chi connectivity index (χ1v) is 10.9. The number of morpholine rings is 1. The lowest BCUT2D eigenvalue weighted by Gasteiger charge is -2.29. The minimum Gasteiger partial charge on any atom is -0.379 e. The maximum absolute atomic E-state index is 5.98. The zero-order valence-electron chi connectivity index (χ0n) is 17.3. The number of hydrogen-bond donors (Lipinski definition) is 0. The molecule has 2 aliphatic rings. The van der Waals surface area contributed by atoms with Crippen molar-refractivity contribution in [2.75, 3.05) is 46.0 Å². The van der Waals surface area contributed by atoms with Gasteiger partial charge < -0.3 is 9.47 Å². The molecule has 4 heterocycles. The lowest BCUT2D eigenvalue weighted by Crippen LogP contribution is -2.38. The predicted molar refractivity (Wildman–Crippen MR) is 111 cm³/mol. The van der Waals surface area contributed by atoms with Gasteiger partial charge in [0, 0.05) is 57.9 Å². The largest absolute Gasteiger partial charge is 0.379 e. The van der Waals surface area contributed by atoms with Gasteiger partial charge in [-0.1, -0.05) is 6.07 Å². The SMILES string of the molecule is c1cncc(CN(CCCN2CCOCC2)Cc2ccnn2[C@@H]2CCCCO2)c1. The summed E-state index contributed by atoms with van der Waals surface area (Å²) in [5, 5.41) is 4.58. The zero-order chi connectivity index (χ0) is 19.7. The van der Waals surface area contributed by atoms with Crippen LogP contribution in [-0.2, 0) is 22.6 Å². The Kier molecular flexibility index (Phi) is 7.64. The molecule has 0 aliphatic carbocycles. The molecule has 2 aliphatic heterocycles. The van der Waals surface area contributed by atoms with E-state index in [0.717, 1.165) is 78.4 Å². The number of hydrogen-bond acceptors (Lipinski definition) is 6. The molecule has 7 nitrogen and oxygen atoms in total. The number of pyridine rings is 1. The van der Waals surface area contributed by atoms with E-state index in [1.807, 2.05) is 24.7 Å². The van der Waals surface area contributed by atoms with Crippen molar-refractivity contribution in [3.8, 4) is 0 Å². The summed E-state index contributed by atoms with van der Waals surface area (Å²) in [6, 6.07) is 6.31. The summed E-state index contributed by atoms with van der Waals surface area (Å²) in [6.45, 7) is 8.60. The lowest BCUT2D eigenvalue weighted by molar-refractivity contribution is -0.0421. The van der Waals surface area contributed by atoms with E-state index in [0.29, 0.717) is 0 Å². The van der Waals surface area contributed by atoms with Crippen molar-refractivity contribution in [1.29, 1.82) is 0 Å². The molecule has 0 aromatic carbocycles. The Bertz CT molecular complexity index is 711. The Balaban J connectivity index is 1.38. The van der Waals surface area contributed by atoms with Gasteiger partial charge in [-0.25, -0.2) is 4.68 Å². The maximum atomic E-state index is 5.98. The van der Waals surface area contributed by atoms with Gasteiger partial charge in [0.1, 0.15) is 0 Å². The van der Waals surface area contributed by atoms with Gasteiger partial charge in [0.2, 0.25) is 0 Å². The third-order valence-corrected chi connectivity index (χ3v) is 5.75. The molecule has 2 aromatic rings. The number of aromatic nitrogens is 3. The quantitative estimate of drug-likeness (QED) is 0.646. The topological polar surface area (TPSA) is 55.7 Å². The van der Waals surface area contributed by atoms with Crippen LogP contribution >= 0.6 is 0 Å². The van der Waals surface area contributed by atoms with Gasteiger partial charge >= 0.3 is 0 Å². The molecule has 0 unspecified atom stereocenters. The first kappa shape index (κ1) is 20.5. The maximum Gasteiger partial charge on any atom is 0.150 e. The molecule has 0 radical (unpaired) electrons. The molecule has 7 heteroatoms. The van der Waals surface area contributed by atoms with E-state index >= 15 is 0 Å². The van der Waals surface area contributed by atoms with Gasteiger partial charge in [0.05, 0.1) is 18.9 Å². The highest BCUT2D eigenvalue weighted by Crippen LogP contribution is 2.24. The van der Waals surface area contributed by atoms with E-state index in [4.69, 9.17) is 9.47 Å². The molecule has 0 spiro atoms. The van der Waals surface area contributed by atoms with Crippen molar-refractivity contribution in [2.24, 2.45) is 0 Å². The molecule has 29 heavy (non-hydrogen) atoms. The Morgan fingerprint density at radius 2 is 2.00 bits per heavy atom. The van der Waals surface area contributed by atoms with Crippen LogP contribution in [0.25, 0.3) is 0 Å². The van der Waals surface area contributed by atoms with E-state index in [-0.39, 0.29) is 6.23 Å². The van der Waals surface area contributed by atoms with Gasteiger partial charge in [-0.15, -0.1) is 0 Å². The van der Waals surface area contributed by atoms with Gasteiger partial charge in [-0.05, 0) is 49.9 Å². The lowest BCUT2D eigenvalue weighted by atomic mass is 10.2. The van der Waals surface area contributed by atoms with Crippen LogP contribution in [0.15, 0.2) is 36.8 Å². The smallest absolute Gasteiger partial charge is 0.150 e. The highest BCUT2D eigenvalue weighted by atomic mass is 16.5. The van der Waals surface area contributed by atoms with Crippen molar-refractivity contribution in [2.45, 2.75) is 45.0 Å². The van der Waals surface area contributed by atoms with E-state index in [2.05, 4.69) is 36.7 Å². The van der Waals surface area contributed by atoms with E-state index in [1.54, 1.807) is 0 Å². The van der Waals surface area contributed by atoms with Crippen LogP contribution < -0.4 is 0 Å². The second kappa shape index (κ2) is 10.8. The van der Waals surface area contributed by atoms with Crippen molar-refractivity contribution in [1.82, 2.24) is 24.6 Å². The first-order chi connectivity index (χ1) is 14.4. The van der Waals surface area contributed by atoms with Crippen LogP contribution in [0.1, 0.15) is 43.2 Å². The van der Waals surface area contributed by atoms with Gasteiger partial charge in [0.25, 0.3) is 0 Å². The zero-order valence-corrected chi connectivity index (χ0v) is 17.3. The Hall–Kier alpha value is -1.80. The number of nitrogens with zero attached hydrogens (tertiary/aromatic N) is 5. The molecule has 2 fully saturated rings. The summed E-state index contributed by atoms with van der Waals surface area (Å²) < 4.78 is 13.5. The van der Waals surface area contributed by atoms with E-state index < -0.39 is 0 Å². The number of rotatable bonds is 9. The average molecular weight is 400 g/mol. The molecule has 0 bridgehead atoms. The second-order valence-electron chi connectivity index (χ2n) is 7.97. The minimum atomic E-state index is 0.0855. The van der Waals surface area contributed by atoms with Crippen LogP contribution in [0.5, 0.6) is 0 Å². The van der Waals surface area contributed by atoms with Crippen LogP contribution in [0.2, 0.25) is 0 Å². The molecule has 4 rings (SSSR count). The normalized spacial score (nSPS) is 20.9. The third kappa shape index (κ3) is 6.09. The molecule has 158 valence electrons. The van der Waals surface area contributed by atoms with E-state index in [1.165, 1.54) is 17.7 Å². The highest BCUT2D eigenvalue weighted by Gasteiger charge is 2.20. The summed E-state index contributed by atoms with van der Waals surface area (Å²) in [5.74, 6) is 0. The molecular formula is C22H33N5O2. The van der Waals surface area contributed by atoms with Crippen LogP contribution in [0, 0.1) is 0 Å². The van der Waals surface area contributed by atoms with Crippen molar-refractivity contribution in [3.63, 3.8) is 0 Å². The summed E-state index contributed by atoms with van der Waals surface area (Å²) in [4.78, 5) is 9.31. The highest BCUT2D eigenvalue weighted by molar-refractivity contribution is 5.09. The molecule has 0 amide bonds. The Labute approximate surface area is 173 Å². The van der Waals surface area contributed by atoms with Crippen molar-refractivity contribution >= 4 is 0 Å². The standard InChI is InChI=1S/C22H33N5O2/c1-2-14-29-22(6-1)27-21(7-9-24-27)19-26(18-20-5-3-8-23-17-20)11-4-10-25-12-15-28-16-13-25/h3,5,7-9,17,22H,1-2,4,6,10-16,18-19H2/t22-/m0/s1. The first-order valence-electron chi connectivity index (χ1n) is 10.9. The van der Waals surface area contributed by atoms with Gasteiger partial charge in [-0.2, -0.15) is 5.10 Å². The van der Waals surface area contributed by atoms with Gasteiger partial charge in [-0.3, -0.25) is 14.8 Å². The molecule has 2 aromatic heterocycles. The fourth-order valence-electron chi connectivity index (χ4n) is 4.18. The van der Waals surface area contributed by atoms with Crippen LogP contribution in [0.3, 0.4) is 0 Å². The molecule has 2 saturated heterocycles. The summed E-state index contributed by atoms with van der Waals surface area (Å²) >= 11 is 0. The fraction of sp³-hybridized carbons (Fsp3) is 0.636. The molecule has 0 N–H and O–H groups in total. The van der Waals surface area contributed by atoms with Crippen LogP contribution in [0.4, 0.5) is 0 Å². The molecule has 1 atom stereocenters. The fourth-order valence-corrected chi connectivity index (χ4v) is 4.18. The number of ether oxygens (including phenoxy) is 2. The average Bonchev–Trinajstić information content (AvgIpc) is 3.24. The molecule has 0 saturated carbocycles. The Morgan fingerprint density at radius 1 is 1.07 bits per heavy atom. The van der Waals surface area contributed by atoms with Crippen molar-refractivity contribution in [3.05, 3.63) is 48.0 Å². The van der Waals surface area contributed by atoms with Gasteiger partial charge in [0.15, 0.2) is 6.23 Å². The summed E-state index contributed by atoms with van der Waals surface area (Å²) in [7, 11) is 0. The third-order valence-electron chi connectivity index (χ3n) is 5.75. The van der Waals surface area contributed by atoms with Crippen LogP contribution in [-0.4, -0.2) is 70.6 Å². The summed E-state index contributed by atoms with van der Waals surface area (Å²) in [6.07, 6.45) is 10.4. The monoisotopic (exact) mass is 399 g/mol. The van der Waals surface area contributed by atoms with E-state index in [9.17, 15) is 0 Å². The second-order valence-corrected chi connectivity index (χ2v) is 7.97. The Morgan fingerprint density at radius 3 is 2.79 bits per heavy atom.